The molecule has 3 rings (SSSR count). The van der Waals surface area contributed by atoms with Crippen LogP contribution in [0.2, 0.25) is 0 Å². The molecule has 0 bridgehead atoms. The van der Waals surface area contributed by atoms with Gasteiger partial charge in [-0.05, 0) is 29.8 Å². The number of ketones is 1. The fourth-order valence-corrected chi connectivity index (χ4v) is 2.34. The van der Waals surface area contributed by atoms with E-state index in [0.29, 0.717) is 12.0 Å². The molecule has 1 aliphatic heterocycles. The first-order valence-corrected chi connectivity index (χ1v) is 6.06. The Hall–Kier alpha value is -2.49. The van der Waals surface area contributed by atoms with Gasteiger partial charge in [-0.1, -0.05) is 18.2 Å². The SMILES string of the molecule is O=C1CC(c2ccc(O)c(O)c2)Nc2ccccc21. The second kappa shape index (κ2) is 4.31. The number of anilines is 1. The number of hydrogen-bond donors (Lipinski definition) is 3. The lowest BCUT2D eigenvalue weighted by Gasteiger charge is -2.26. The standard InChI is InChI=1S/C15H13NO3/c17-13-6-5-9(7-15(13)19)12-8-14(18)10-3-1-2-4-11(10)16-12/h1-7,12,16-17,19H,8H2. The highest BCUT2D eigenvalue weighted by molar-refractivity contribution is 6.03. The minimum Gasteiger partial charge on any atom is -0.504 e. The van der Waals surface area contributed by atoms with Gasteiger partial charge in [0, 0.05) is 17.7 Å². The molecule has 1 aliphatic rings. The molecular formula is C15H13NO3. The molecule has 0 saturated carbocycles. The van der Waals surface area contributed by atoms with Crippen molar-refractivity contribution in [2.24, 2.45) is 0 Å². The van der Waals surface area contributed by atoms with Crippen molar-refractivity contribution in [3.63, 3.8) is 0 Å². The summed E-state index contributed by atoms with van der Waals surface area (Å²) in [4.78, 5) is 12.1. The predicted octanol–water partition coefficient (Wildman–Crippen LogP) is 2.84. The molecule has 96 valence electrons. The molecule has 0 aliphatic carbocycles. The molecule has 4 nitrogen and oxygen atoms in total. The summed E-state index contributed by atoms with van der Waals surface area (Å²) in [6.07, 6.45) is 0.335. The minimum absolute atomic E-state index is 0.0758. The zero-order valence-electron chi connectivity index (χ0n) is 10.1. The Morgan fingerprint density at radius 3 is 2.63 bits per heavy atom. The number of aromatic hydroxyl groups is 2. The first-order valence-electron chi connectivity index (χ1n) is 6.06. The lowest BCUT2D eigenvalue weighted by atomic mass is 9.92. The molecule has 0 amide bonds. The van der Waals surface area contributed by atoms with Gasteiger partial charge in [-0.25, -0.2) is 0 Å². The van der Waals surface area contributed by atoms with Gasteiger partial charge in [-0.2, -0.15) is 0 Å². The zero-order chi connectivity index (χ0) is 13.4. The Balaban J connectivity index is 1.96. The van der Waals surface area contributed by atoms with Gasteiger partial charge in [-0.15, -0.1) is 0 Å². The highest BCUT2D eigenvalue weighted by Gasteiger charge is 2.25. The van der Waals surface area contributed by atoms with Crippen LogP contribution in [0.15, 0.2) is 42.5 Å². The van der Waals surface area contributed by atoms with Crippen molar-refractivity contribution in [1.29, 1.82) is 0 Å². The van der Waals surface area contributed by atoms with Crippen molar-refractivity contribution < 1.29 is 15.0 Å². The van der Waals surface area contributed by atoms with Crippen molar-refractivity contribution in [3.8, 4) is 11.5 Å². The van der Waals surface area contributed by atoms with E-state index in [2.05, 4.69) is 5.32 Å². The second-order valence-electron chi connectivity index (χ2n) is 4.62. The van der Waals surface area contributed by atoms with E-state index in [1.54, 1.807) is 12.1 Å². The molecule has 0 fully saturated rings. The quantitative estimate of drug-likeness (QED) is 0.685. The first kappa shape index (κ1) is 11.6. The molecule has 0 radical (unpaired) electrons. The Kier molecular flexibility index (Phi) is 2.63. The number of nitrogens with one attached hydrogen (secondary N) is 1. The van der Waals surface area contributed by atoms with E-state index < -0.39 is 0 Å². The molecule has 0 aromatic heterocycles. The summed E-state index contributed by atoms with van der Waals surface area (Å²) in [5.41, 5.74) is 2.27. The van der Waals surface area contributed by atoms with Gasteiger partial charge < -0.3 is 15.5 Å². The van der Waals surface area contributed by atoms with Crippen LogP contribution in [-0.2, 0) is 0 Å². The highest BCUT2D eigenvalue weighted by Crippen LogP contribution is 2.35. The Labute approximate surface area is 110 Å². The van der Waals surface area contributed by atoms with E-state index in [1.165, 1.54) is 12.1 Å². The zero-order valence-corrected chi connectivity index (χ0v) is 10.1. The van der Waals surface area contributed by atoms with Crippen LogP contribution in [0, 0.1) is 0 Å². The van der Waals surface area contributed by atoms with Crippen molar-refractivity contribution in [3.05, 3.63) is 53.6 Å². The minimum atomic E-state index is -0.186. The molecule has 19 heavy (non-hydrogen) atoms. The van der Waals surface area contributed by atoms with Crippen LogP contribution in [0.1, 0.15) is 28.4 Å². The van der Waals surface area contributed by atoms with Crippen molar-refractivity contribution in [2.75, 3.05) is 5.32 Å². The third kappa shape index (κ3) is 2.01. The van der Waals surface area contributed by atoms with Crippen LogP contribution < -0.4 is 5.32 Å². The van der Waals surface area contributed by atoms with Crippen LogP contribution in [0.3, 0.4) is 0 Å². The van der Waals surface area contributed by atoms with Crippen LogP contribution in [-0.4, -0.2) is 16.0 Å². The number of carbonyl (C=O) groups excluding carboxylic acids is 1. The maximum atomic E-state index is 12.1. The van der Waals surface area contributed by atoms with Gasteiger partial charge in [0.25, 0.3) is 0 Å². The third-order valence-corrected chi connectivity index (χ3v) is 3.35. The number of phenolic OH excluding ortho intramolecular Hbond substituents is 2. The number of hydrogen-bond acceptors (Lipinski definition) is 4. The van der Waals surface area contributed by atoms with E-state index in [4.69, 9.17) is 0 Å². The number of benzene rings is 2. The molecule has 4 heteroatoms. The molecule has 3 N–H and O–H groups in total. The summed E-state index contributed by atoms with van der Waals surface area (Å²) < 4.78 is 0. The molecule has 1 heterocycles. The summed E-state index contributed by atoms with van der Waals surface area (Å²) >= 11 is 0. The van der Waals surface area contributed by atoms with Crippen molar-refractivity contribution in [1.82, 2.24) is 0 Å². The highest BCUT2D eigenvalue weighted by atomic mass is 16.3. The summed E-state index contributed by atoms with van der Waals surface area (Å²) in [5.74, 6) is -0.260. The average Bonchev–Trinajstić information content (AvgIpc) is 2.42. The normalized spacial score (nSPS) is 17.7. The van der Waals surface area contributed by atoms with E-state index in [1.807, 2.05) is 18.2 Å². The fourth-order valence-electron chi connectivity index (χ4n) is 2.34. The summed E-state index contributed by atoms with van der Waals surface area (Å²) in [7, 11) is 0. The van der Waals surface area contributed by atoms with E-state index in [0.717, 1.165) is 11.3 Å². The lowest BCUT2D eigenvalue weighted by molar-refractivity contribution is 0.0972. The number of fused-ring (bicyclic) bond motifs is 1. The first-order chi connectivity index (χ1) is 9.15. The van der Waals surface area contributed by atoms with Gasteiger partial charge >= 0.3 is 0 Å². The summed E-state index contributed by atoms with van der Waals surface area (Å²) in [6.45, 7) is 0. The summed E-state index contributed by atoms with van der Waals surface area (Å²) in [6, 6.07) is 11.8. The molecule has 2 aromatic carbocycles. The van der Waals surface area contributed by atoms with Crippen LogP contribution >= 0.6 is 0 Å². The van der Waals surface area contributed by atoms with Crippen LogP contribution in [0.25, 0.3) is 0 Å². The Bertz CT molecular complexity index is 652. The van der Waals surface area contributed by atoms with Crippen molar-refractivity contribution in [2.45, 2.75) is 12.5 Å². The summed E-state index contributed by atoms with van der Waals surface area (Å²) in [5, 5.41) is 22.1. The molecule has 0 saturated heterocycles. The van der Waals surface area contributed by atoms with Crippen LogP contribution in [0.5, 0.6) is 11.5 Å². The molecular weight excluding hydrogens is 242 g/mol. The third-order valence-electron chi connectivity index (χ3n) is 3.35. The van der Waals surface area contributed by atoms with E-state index in [9.17, 15) is 15.0 Å². The molecule has 1 unspecified atom stereocenters. The molecule has 0 spiro atoms. The fraction of sp³-hybridized carbons (Fsp3) is 0.133. The smallest absolute Gasteiger partial charge is 0.167 e. The van der Waals surface area contributed by atoms with Gasteiger partial charge in [0.05, 0.1) is 6.04 Å². The monoisotopic (exact) mass is 255 g/mol. The number of phenols is 2. The number of para-hydroxylation sites is 1. The molecule has 1 atom stereocenters. The van der Waals surface area contributed by atoms with Gasteiger partial charge in [0.1, 0.15) is 0 Å². The van der Waals surface area contributed by atoms with Crippen molar-refractivity contribution >= 4 is 11.5 Å². The van der Waals surface area contributed by atoms with Gasteiger partial charge in [0.15, 0.2) is 17.3 Å². The number of Topliss-reactive ketones (excluding diaryl/α,β-unsaturated/α-hetero) is 1. The number of carbonyl (C=O) groups is 1. The lowest BCUT2D eigenvalue weighted by Crippen LogP contribution is -2.22. The predicted molar refractivity (Wildman–Crippen MR) is 71.5 cm³/mol. The maximum absolute atomic E-state index is 12.1. The van der Waals surface area contributed by atoms with Gasteiger partial charge in [-0.3, -0.25) is 4.79 Å². The molecule has 2 aromatic rings. The Morgan fingerprint density at radius 1 is 1.05 bits per heavy atom. The maximum Gasteiger partial charge on any atom is 0.167 e. The average molecular weight is 255 g/mol. The topological polar surface area (TPSA) is 69.6 Å². The van der Waals surface area contributed by atoms with Crippen LogP contribution in [0.4, 0.5) is 5.69 Å². The Morgan fingerprint density at radius 2 is 1.84 bits per heavy atom. The van der Waals surface area contributed by atoms with E-state index >= 15 is 0 Å². The number of rotatable bonds is 1. The van der Waals surface area contributed by atoms with Gasteiger partial charge in [0.2, 0.25) is 0 Å². The largest absolute Gasteiger partial charge is 0.504 e. The second-order valence-corrected chi connectivity index (χ2v) is 4.62. The van der Waals surface area contributed by atoms with E-state index in [-0.39, 0.29) is 23.3 Å².